The number of hydrogen-bond acceptors (Lipinski definition) is 1. The summed E-state index contributed by atoms with van der Waals surface area (Å²) in [6, 6.07) is 0. The third kappa shape index (κ3) is 46.2. The van der Waals surface area contributed by atoms with Gasteiger partial charge in [0.2, 0.25) is 0 Å². The van der Waals surface area contributed by atoms with Crippen molar-refractivity contribution in [1.29, 1.82) is 0 Å². The molecule has 0 aromatic carbocycles. The molecule has 0 spiro atoms. The quantitative estimate of drug-likeness (QED) is 0.260. The van der Waals surface area contributed by atoms with Gasteiger partial charge in [-0.3, -0.25) is 0 Å². The predicted molar refractivity (Wildman–Crippen MR) is 122 cm³/mol. The van der Waals surface area contributed by atoms with Crippen LogP contribution in [0.25, 0.3) is 16.0 Å². The molecule has 0 aromatic heterocycles. The van der Waals surface area contributed by atoms with Crippen molar-refractivity contribution >= 4 is 0 Å². The van der Waals surface area contributed by atoms with Crippen molar-refractivity contribution in [1.82, 2.24) is 4.90 Å². The molecular formula is C21H50N4W3. The van der Waals surface area contributed by atoms with E-state index >= 15 is 0 Å². The molecule has 3 aliphatic rings. The van der Waals surface area contributed by atoms with Crippen LogP contribution in [0.1, 0.15) is 59.8 Å². The Kier molecular flexibility index (Phi) is 95.8. The monoisotopic (exact) mass is 910 g/mol. The molecule has 4 nitrogen and oxygen atoms in total. The van der Waals surface area contributed by atoms with Crippen LogP contribution >= 0.6 is 0 Å². The molecule has 0 aromatic rings. The third-order valence-corrected chi connectivity index (χ3v) is 3.29. The van der Waals surface area contributed by atoms with Crippen LogP contribution in [0.2, 0.25) is 0 Å². The van der Waals surface area contributed by atoms with Crippen LogP contribution in [0.3, 0.4) is 0 Å². The van der Waals surface area contributed by atoms with Gasteiger partial charge in [0.05, 0.1) is 0 Å². The zero-order valence-corrected chi connectivity index (χ0v) is 29.0. The van der Waals surface area contributed by atoms with E-state index in [9.17, 15) is 0 Å². The van der Waals surface area contributed by atoms with Crippen LogP contribution < -0.4 is 0 Å². The average molecular weight is 910 g/mol. The fourth-order valence-electron chi connectivity index (χ4n) is 2.00. The van der Waals surface area contributed by atoms with Gasteiger partial charge in [0.15, 0.2) is 0 Å². The molecule has 172 valence electrons. The van der Waals surface area contributed by atoms with Gasteiger partial charge in [-0.1, -0.05) is 59.8 Å². The molecular weight excluding hydrogens is 860 g/mol. The van der Waals surface area contributed by atoms with Crippen LogP contribution in [0.4, 0.5) is 0 Å². The van der Waals surface area contributed by atoms with Gasteiger partial charge in [0.1, 0.15) is 0 Å². The Morgan fingerprint density at radius 3 is 0.857 bits per heavy atom. The summed E-state index contributed by atoms with van der Waals surface area (Å²) in [6.45, 7) is 16.9. The van der Waals surface area contributed by atoms with Crippen LogP contribution in [0, 0.1) is 22.3 Å². The first-order chi connectivity index (χ1) is 10.9. The Morgan fingerprint density at radius 1 is 0.464 bits per heavy atom. The predicted octanol–water partition coefficient (Wildman–Crippen LogP) is 6.40. The molecule has 0 saturated carbocycles. The van der Waals surface area contributed by atoms with Gasteiger partial charge < -0.3 is 43.1 Å². The minimum atomic E-state index is 0. The maximum Gasteiger partial charge on any atom is 2.00 e. The van der Waals surface area contributed by atoms with Crippen molar-refractivity contribution in [3.05, 3.63) is 38.2 Å². The molecule has 0 unspecified atom stereocenters. The second kappa shape index (κ2) is 51.5. The van der Waals surface area contributed by atoms with Crippen molar-refractivity contribution in [2.75, 3.05) is 59.4 Å². The van der Waals surface area contributed by atoms with Gasteiger partial charge in [-0.05, 0) is 20.1 Å². The molecule has 7 heteroatoms. The zero-order valence-electron chi connectivity index (χ0n) is 20.2. The summed E-state index contributed by atoms with van der Waals surface area (Å²) in [6.07, 6.45) is 6.74. The fraction of sp³-hybridized carbons (Fsp3) is 0.857. The topological polar surface area (TPSA) is 45.5 Å². The van der Waals surface area contributed by atoms with Gasteiger partial charge in [0, 0.05) is 0 Å². The molecule has 3 fully saturated rings. The summed E-state index contributed by atoms with van der Waals surface area (Å²) in [4.78, 5) is 2.30. The molecule has 0 N–H and O–H groups in total. The summed E-state index contributed by atoms with van der Waals surface area (Å²) in [5.41, 5.74) is 0. The van der Waals surface area contributed by atoms with E-state index in [1.165, 1.54) is 32.1 Å². The number of hydrogen-bond donors (Lipinski definition) is 0. The molecule has 3 heterocycles. The van der Waals surface area contributed by atoms with E-state index in [4.69, 9.17) is 0 Å². The van der Waals surface area contributed by atoms with E-state index in [-0.39, 0.29) is 85.5 Å². The third-order valence-electron chi connectivity index (χ3n) is 3.29. The summed E-state index contributed by atoms with van der Waals surface area (Å²) in [7, 11) is 2.13. The number of rotatable bonds is 0. The minimum Gasteiger partial charge on any atom is -0.662 e. The largest absolute Gasteiger partial charge is 2.00 e. The van der Waals surface area contributed by atoms with Crippen LogP contribution in [-0.4, -0.2) is 64.3 Å². The van der Waals surface area contributed by atoms with Crippen LogP contribution in [0.15, 0.2) is 0 Å². The minimum absolute atomic E-state index is 0. The summed E-state index contributed by atoms with van der Waals surface area (Å²) in [5.74, 6) is 0. The number of nitrogens with zero attached hydrogens (tertiary/aromatic N) is 4. The first-order valence-corrected chi connectivity index (χ1v) is 9.48. The first kappa shape index (κ1) is 52.1. The van der Waals surface area contributed by atoms with E-state index < -0.39 is 0 Å². The average Bonchev–Trinajstić information content (AvgIpc) is 3.21. The Balaban J connectivity index is -0.0000000300. The summed E-state index contributed by atoms with van der Waals surface area (Å²) >= 11 is 0. The van der Waals surface area contributed by atoms with E-state index in [2.05, 4.69) is 27.9 Å². The van der Waals surface area contributed by atoms with Gasteiger partial charge in [-0.2, -0.15) is 0 Å². The van der Waals surface area contributed by atoms with Crippen molar-refractivity contribution in [2.24, 2.45) is 0 Å². The van der Waals surface area contributed by atoms with Crippen molar-refractivity contribution < 1.29 is 63.2 Å². The Morgan fingerprint density at radius 2 is 0.714 bits per heavy atom. The van der Waals surface area contributed by atoms with Crippen molar-refractivity contribution in [3.63, 3.8) is 0 Å². The molecule has 0 amide bonds. The second-order valence-electron chi connectivity index (χ2n) is 5.08. The number of likely N-dealkylation sites (N-methyl/N-ethyl adjacent to an activating group) is 1. The van der Waals surface area contributed by atoms with Gasteiger partial charge in [0.25, 0.3) is 0 Å². The van der Waals surface area contributed by atoms with Crippen molar-refractivity contribution in [3.8, 4) is 0 Å². The molecule has 3 saturated heterocycles. The standard InChI is InChI=1S/C5H11N2.C5H10N.C4H8N.2C2H6.3CH3.3W/c1-7-4-2-6-3-5-7;1-2-4-6-5-3-1;1-2-4-5-3-1;2*1-2;;;;;;/h2-5H2,1H3;1-5H2;1-4H2;2*1-2H3;3*1H3;;;/q3*-1;;;3*-1;3*+2. The molecule has 3 rings (SSSR count). The summed E-state index contributed by atoms with van der Waals surface area (Å²) in [5, 5.41) is 12.4. The maximum atomic E-state index is 4.19. The van der Waals surface area contributed by atoms with E-state index in [0.717, 1.165) is 52.4 Å². The molecule has 0 aliphatic carbocycles. The first-order valence-electron chi connectivity index (χ1n) is 9.48. The Labute approximate surface area is 224 Å². The van der Waals surface area contributed by atoms with Gasteiger partial charge in [-0.15, -0.1) is 39.3 Å². The molecule has 0 atom stereocenters. The van der Waals surface area contributed by atoms with Gasteiger partial charge >= 0.3 is 63.2 Å². The maximum absolute atomic E-state index is 4.19. The SMILES string of the molecule is C1CC[N-]C1.C1CC[N-]CC1.CC.CC.CN1CC[N-]CC1.[CH3-].[CH3-].[CH3-].[W+2].[W+2].[W+2]. The molecule has 28 heavy (non-hydrogen) atoms. The fourth-order valence-corrected chi connectivity index (χ4v) is 2.00. The normalized spacial score (nSPS) is 16.2. The van der Waals surface area contributed by atoms with Crippen LogP contribution in [0.5, 0.6) is 0 Å². The molecule has 3 aliphatic heterocycles. The molecule has 0 radical (unpaired) electrons. The smallest absolute Gasteiger partial charge is 0.662 e. The van der Waals surface area contributed by atoms with E-state index in [0.29, 0.717) is 0 Å². The van der Waals surface area contributed by atoms with Crippen molar-refractivity contribution in [2.45, 2.75) is 59.8 Å². The second-order valence-corrected chi connectivity index (χ2v) is 5.08. The number of piperazine rings is 1. The summed E-state index contributed by atoms with van der Waals surface area (Å²) < 4.78 is 0. The number of piperidine rings is 1. The van der Waals surface area contributed by atoms with E-state index in [1.54, 1.807) is 0 Å². The van der Waals surface area contributed by atoms with E-state index in [1.807, 2.05) is 27.7 Å². The van der Waals surface area contributed by atoms with Gasteiger partial charge in [-0.25, -0.2) is 0 Å². The zero-order chi connectivity index (χ0) is 16.9. The molecule has 0 bridgehead atoms. The Bertz CT molecular complexity index is 158. The Hall–Kier alpha value is 1.90. The van der Waals surface area contributed by atoms with Crippen LogP contribution in [-0.2, 0) is 63.2 Å².